The van der Waals surface area contributed by atoms with E-state index in [4.69, 9.17) is 16.3 Å². The van der Waals surface area contributed by atoms with Gasteiger partial charge in [-0.1, -0.05) is 62.9 Å². The molecule has 3 aromatic carbocycles. The number of benzene rings is 3. The largest absolute Gasteiger partial charge is 0.491 e. The molecule has 0 fully saturated rings. The van der Waals surface area contributed by atoms with E-state index >= 15 is 8.78 Å². The van der Waals surface area contributed by atoms with E-state index in [1.807, 2.05) is 37.3 Å². The summed E-state index contributed by atoms with van der Waals surface area (Å²) in [6, 6.07) is 13.6. The fourth-order valence-corrected chi connectivity index (χ4v) is 4.21. The predicted octanol–water partition coefficient (Wildman–Crippen LogP) is 8.75. The molecule has 0 aromatic heterocycles. The summed E-state index contributed by atoms with van der Waals surface area (Å²) in [6.45, 7) is 4.35. The van der Waals surface area contributed by atoms with Gasteiger partial charge in [0.2, 0.25) is 0 Å². The lowest BCUT2D eigenvalue weighted by molar-refractivity contribution is 0.112. The first kappa shape index (κ1) is 25.7. The molecule has 0 heterocycles. The number of nitrogens with one attached hydrogen (secondary N) is 1. The van der Waals surface area contributed by atoms with Crippen LogP contribution >= 0.6 is 11.6 Å². The van der Waals surface area contributed by atoms with Crippen molar-refractivity contribution in [2.75, 3.05) is 11.9 Å². The molecule has 180 valence electrons. The first-order chi connectivity index (χ1) is 16.5. The smallest absolute Gasteiger partial charge is 0.173 e. The zero-order valence-corrected chi connectivity index (χ0v) is 20.4. The normalized spacial score (nSPS) is 10.9. The van der Waals surface area contributed by atoms with Crippen molar-refractivity contribution >= 4 is 29.3 Å². The van der Waals surface area contributed by atoms with Crippen molar-refractivity contribution < 1.29 is 18.3 Å². The number of carbonyl (C=O) groups excluding carboxylic acids is 1. The third kappa shape index (κ3) is 5.95. The van der Waals surface area contributed by atoms with Gasteiger partial charge in [0.1, 0.15) is 5.82 Å². The number of aldehydes is 1. The Kier molecular flexibility index (Phi) is 9.46. The van der Waals surface area contributed by atoms with Gasteiger partial charge in [0.15, 0.2) is 17.9 Å². The second-order valence-corrected chi connectivity index (χ2v) is 8.56. The minimum Gasteiger partial charge on any atom is -0.491 e. The molecule has 0 amide bonds. The molecule has 3 aromatic rings. The molecule has 0 aliphatic heterocycles. The van der Waals surface area contributed by atoms with Crippen molar-refractivity contribution in [1.29, 1.82) is 0 Å². The van der Waals surface area contributed by atoms with Gasteiger partial charge in [-0.05, 0) is 55.2 Å². The molecular formula is C28H30ClF2NO2. The number of para-hydroxylation sites is 1. The lowest BCUT2D eigenvalue weighted by Crippen LogP contribution is -2.06. The molecule has 0 unspecified atom stereocenters. The second kappa shape index (κ2) is 12.5. The standard InChI is InChI=1S/C28H30ClF2NO2/c1-3-5-6-10-13-21-23(32-20-11-8-7-9-12-20)17-22(30)27(29)26(21)25-19(18-33)14-15-24(28(25)31)34-16-4-2/h7-9,11-12,14-15,17-18,32H,3-6,10,13,16H2,1-2H3. The predicted molar refractivity (Wildman–Crippen MR) is 136 cm³/mol. The highest BCUT2D eigenvalue weighted by molar-refractivity contribution is 6.34. The lowest BCUT2D eigenvalue weighted by atomic mass is 9.90. The number of ether oxygens (including phenoxy) is 1. The summed E-state index contributed by atoms with van der Waals surface area (Å²) >= 11 is 6.48. The fourth-order valence-electron chi connectivity index (χ4n) is 3.95. The van der Waals surface area contributed by atoms with Gasteiger partial charge in [-0.2, -0.15) is 0 Å². The van der Waals surface area contributed by atoms with E-state index in [2.05, 4.69) is 12.2 Å². The zero-order valence-electron chi connectivity index (χ0n) is 19.6. The van der Waals surface area contributed by atoms with E-state index in [0.29, 0.717) is 37.0 Å². The molecule has 0 saturated heterocycles. The van der Waals surface area contributed by atoms with Crippen LogP contribution in [0.3, 0.4) is 0 Å². The minimum absolute atomic E-state index is 0.0114. The van der Waals surface area contributed by atoms with Gasteiger partial charge in [0.25, 0.3) is 0 Å². The van der Waals surface area contributed by atoms with Crippen molar-refractivity contribution in [3.05, 3.63) is 76.3 Å². The van der Waals surface area contributed by atoms with Crippen LogP contribution in [0.4, 0.5) is 20.2 Å². The molecule has 0 saturated carbocycles. The highest BCUT2D eigenvalue weighted by Gasteiger charge is 2.25. The summed E-state index contributed by atoms with van der Waals surface area (Å²) in [7, 11) is 0. The maximum Gasteiger partial charge on any atom is 0.173 e. The van der Waals surface area contributed by atoms with Crippen LogP contribution in [-0.2, 0) is 6.42 Å². The quantitative estimate of drug-likeness (QED) is 0.206. The van der Waals surface area contributed by atoms with Crippen LogP contribution in [0.25, 0.3) is 11.1 Å². The summed E-state index contributed by atoms with van der Waals surface area (Å²) in [5, 5.41) is 3.05. The maximum atomic E-state index is 15.7. The van der Waals surface area contributed by atoms with Gasteiger partial charge in [0, 0.05) is 28.1 Å². The van der Waals surface area contributed by atoms with Crippen LogP contribution in [0, 0.1) is 11.6 Å². The number of hydrogen-bond donors (Lipinski definition) is 1. The van der Waals surface area contributed by atoms with Crippen LogP contribution in [0.5, 0.6) is 5.75 Å². The van der Waals surface area contributed by atoms with Crippen LogP contribution in [0.1, 0.15) is 61.9 Å². The topological polar surface area (TPSA) is 38.3 Å². The molecule has 0 spiro atoms. The van der Waals surface area contributed by atoms with Gasteiger partial charge >= 0.3 is 0 Å². The molecule has 0 radical (unpaired) electrons. The molecule has 34 heavy (non-hydrogen) atoms. The number of rotatable bonds is 12. The molecule has 3 nitrogen and oxygen atoms in total. The van der Waals surface area contributed by atoms with Crippen LogP contribution in [0.2, 0.25) is 5.02 Å². The average molecular weight is 486 g/mol. The van der Waals surface area contributed by atoms with Gasteiger partial charge < -0.3 is 10.1 Å². The summed E-state index contributed by atoms with van der Waals surface area (Å²) in [4.78, 5) is 11.9. The Balaban J connectivity index is 2.23. The summed E-state index contributed by atoms with van der Waals surface area (Å²) in [6.07, 6.45) is 5.71. The van der Waals surface area contributed by atoms with Crippen LogP contribution in [-0.4, -0.2) is 12.9 Å². The number of carbonyl (C=O) groups is 1. The van der Waals surface area contributed by atoms with Gasteiger partial charge in [-0.3, -0.25) is 4.79 Å². The van der Waals surface area contributed by atoms with E-state index in [0.717, 1.165) is 31.4 Å². The van der Waals surface area contributed by atoms with Gasteiger partial charge in [-0.15, -0.1) is 0 Å². The third-order valence-electron chi connectivity index (χ3n) is 5.64. The monoisotopic (exact) mass is 485 g/mol. The van der Waals surface area contributed by atoms with E-state index in [1.165, 1.54) is 18.2 Å². The number of hydrogen-bond acceptors (Lipinski definition) is 3. The maximum absolute atomic E-state index is 15.7. The average Bonchev–Trinajstić information content (AvgIpc) is 2.85. The Morgan fingerprint density at radius 3 is 2.41 bits per heavy atom. The molecule has 0 atom stereocenters. The molecule has 6 heteroatoms. The Hall–Kier alpha value is -2.92. The SMILES string of the molecule is CCCCCCc1c(Nc2ccccc2)cc(F)c(Cl)c1-c1c(C=O)ccc(OCCC)c1F. The lowest BCUT2D eigenvalue weighted by Gasteiger charge is -2.21. The Bertz CT molecular complexity index is 1120. The molecule has 0 bridgehead atoms. The van der Waals surface area contributed by atoms with Gasteiger partial charge in [-0.25, -0.2) is 8.78 Å². The first-order valence-electron chi connectivity index (χ1n) is 11.8. The molecule has 1 N–H and O–H groups in total. The first-order valence-corrected chi connectivity index (χ1v) is 12.1. The Morgan fingerprint density at radius 2 is 1.74 bits per heavy atom. The van der Waals surface area contributed by atoms with E-state index in [9.17, 15) is 4.79 Å². The van der Waals surface area contributed by atoms with E-state index in [-0.39, 0.29) is 27.5 Å². The van der Waals surface area contributed by atoms with Crippen molar-refractivity contribution in [3.63, 3.8) is 0 Å². The van der Waals surface area contributed by atoms with Crippen molar-refractivity contribution in [1.82, 2.24) is 0 Å². The summed E-state index contributed by atoms with van der Waals surface area (Å²) < 4.78 is 36.4. The highest BCUT2D eigenvalue weighted by atomic mass is 35.5. The fraction of sp³-hybridized carbons (Fsp3) is 0.321. The van der Waals surface area contributed by atoms with Crippen molar-refractivity contribution in [3.8, 4) is 16.9 Å². The molecule has 0 aliphatic rings. The van der Waals surface area contributed by atoms with Crippen LogP contribution < -0.4 is 10.1 Å². The van der Waals surface area contributed by atoms with Crippen molar-refractivity contribution in [2.45, 2.75) is 52.4 Å². The van der Waals surface area contributed by atoms with Gasteiger partial charge in [0.05, 0.1) is 11.6 Å². The second-order valence-electron chi connectivity index (χ2n) is 8.18. The summed E-state index contributed by atoms with van der Waals surface area (Å²) in [5.74, 6) is -1.40. The van der Waals surface area contributed by atoms with Crippen molar-refractivity contribution in [2.24, 2.45) is 0 Å². The van der Waals surface area contributed by atoms with E-state index in [1.54, 1.807) is 0 Å². The Labute approximate surface area is 205 Å². The minimum atomic E-state index is -0.717. The molecule has 3 rings (SSSR count). The zero-order chi connectivity index (χ0) is 24.5. The Morgan fingerprint density at radius 1 is 0.971 bits per heavy atom. The number of unbranched alkanes of at least 4 members (excludes halogenated alkanes) is 3. The molecule has 0 aliphatic carbocycles. The number of anilines is 2. The highest BCUT2D eigenvalue weighted by Crippen LogP contribution is 2.43. The molecular weight excluding hydrogens is 456 g/mol. The number of halogens is 3. The summed E-state index contributed by atoms with van der Waals surface area (Å²) in [5.41, 5.74) is 2.18. The van der Waals surface area contributed by atoms with Crippen LogP contribution in [0.15, 0.2) is 48.5 Å². The third-order valence-corrected chi connectivity index (χ3v) is 6.01. The van der Waals surface area contributed by atoms with E-state index < -0.39 is 11.6 Å².